The lowest BCUT2D eigenvalue weighted by molar-refractivity contribution is 0.368. The fourth-order valence-electron chi connectivity index (χ4n) is 2.47. The highest BCUT2D eigenvalue weighted by Crippen LogP contribution is 2.10. The van der Waals surface area contributed by atoms with Crippen LogP contribution in [-0.2, 0) is 13.0 Å². The maximum Gasteiger partial charge on any atom is 0.226 e. The van der Waals surface area contributed by atoms with Gasteiger partial charge in [-0.1, -0.05) is 62.2 Å². The van der Waals surface area contributed by atoms with Crippen molar-refractivity contribution in [2.75, 3.05) is 13.1 Å². The number of benzene rings is 1. The highest BCUT2D eigenvalue weighted by atomic mass is 127. The van der Waals surface area contributed by atoms with E-state index in [0.717, 1.165) is 50.6 Å². The zero-order chi connectivity index (χ0) is 19.5. The summed E-state index contributed by atoms with van der Waals surface area (Å²) in [5, 5.41) is 10.8. The summed E-state index contributed by atoms with van der Waals surface area (Å²) in [6.45, 7) is 10.8. The molecule has 0 aliphatic rings. The quantitative estimate of drug-likeness (QED) is 0.217. The number of hydrogen-bond acceptors (Lipinski definition) is 4. The average molecular weight is 499 g/mol. The number of nitrogens with one attached hydrogen (secondary N) is 2. The summed E-state index contributed by atoms with van der Waals surface area (Å²) in [5.74, 6) is 2.64. The molecule has 0 saturated heterocycles. The van der Waals surface area contributed by atoms with Gasteiger partial charge in [-0.2, -0.15) is 4.98 Å². The molecule has 0 radical (unpaired) electrons. The second-order valence-electron chi connectivity index (χ2n) is 7.16. The molecule has 0 unspecified atom stereocenters. The van der Waals surface area contributed by atoms with Crippen molar-refractivity contribution in [2.45, 2.75) is 65.8 Å². The summed E-state index contributed by atoms with van der Waals surface area (Å²) < 4.78 is 5.29. The van der Waals surface area contributed by atoms with Gasteiger partial charge >= 0.3 is 0 Å². The molecule has 0 fully saturated rings. The van der Waals surface area contributed by atoms with Gasteiger partial charge in [0.2, 0.25) is 5.89 Å². The maximum atomic E-state index is 5.29. The van der Waals surface area contributed by atoms with Crippen LogP contribution in [-0.4, -0.2) is 29.2 Å². The smallest absolute Gasteiger partial charge is 0.226 e. The molecular weight excluding hydrogens is 465 g/mol. The molecule has 156 valence electrons. The van der Waals surface area contributed by atoms with E-state index in [1.807, 2.05) is 0 Å². The molecule has 28 heavy (non-hydrogen) atoms. The molecule has 0 amide bonds. The Balaban J connectivity index is 0.00000392. The largest absolute Gasteiger partial charge is 0.356 e. The van der Waals surface area contributed by atoms with Gasteiger partial charge in [-0.15, -0.1) is 24.0 Å². The molecule has 1 aromatic heterocycles. The Hall–Kier alpha value is -1.64. The molecule has 1 aromatic carbocycles. The summed E-state index contributed by atoms with van der Waals surface area (Å²) in [4.78, 5) is 9.13. The Morgan fingerprint density at radius 3 is 2.39 bits per heavy atom. The van der Waals surface area contributed by atoms with Gasteiger partial charge in [0.25, 0.3) is 0 Å². The zero-order valence-corrected chi connectivity index (χ0v) is 19.8. The summed E-state index contributed by atoms with van der Waals surface area (Å²) in [7, 11) is 0. The normalized spacial score (nSPS) is 11.4. The zero-order valence-electron chi connectivity index (χ0n) is 17.5. The van der Waals surface area contributed by atoms with Crippen LogP contribution >= 0.6 is 24.0 Å². The highest BCUT2D eigenvalue weighted by molar-refractivity contribution is 14.0. The van der Waals surface area contributed by atoms with Crippen molar-refractivity contribution in [1.82, 2.24) is 20.8 Å². The van der Waals surface area contributed by atoms with E-state index in [2.05, 4.69) is 72.7 Å². The van der Waals surface area contributed by atoms with Crippen LogP contribution in [0.3, 0.4) is 0 Å². The number of halogens is 1. The summed E-state index contributed by atoms with van der Waals surface area (Å²) in [6.07, 6.45) is 3.98. The Labute approximate surface area is 186 Å². The summed E-state index contributed by atoms with van der Waals surface area (Å²) in [6, 6.07) is 8.51. The van der Waals surface area contributed by atoms with E-state index in [0.29, 0.717) is 18.4 Å². The van der Waals surface area contributed by atoms with Gasteiger partial charge < -0.3 is 15.2 Å². The Kier molecular flexibility index (Phi) is 11.8. The van der Waals surface area contributed by atoms with Crippen LogP contribution in [0.4, 0.5) is 0 Å². The van der Waals surface area contributed by atoms with Crippen molar-refractivity contribution >= 4 is 29.9 Å². The SMILES string of the molecule is CCCCNC(=NCc1ccc(C)cc1)NCCCc1nc(C(C)C)no1.I. The molecule has 2 aromatic rings. The van der Waals surface area contributed by atoms with Crippen LogP contribution < -0.4 is 10.6 Å². The van der Waals surface area contributed by atoms with E-state index in [1.165, 1.54) is 11.1 Å². The van der Waals surface area contributed by atoms with Crippen LogP contribution in [0.1, 0.15) is 68.8 Å². The molecule has 0 saturated carbocycles. The molecule has 0 spiro atoms. The van der Waals surface area contributed by atoms with Crippen molar-refractivity contribution in [3.63, 3.8) is 0 Å². The number of guanidine groups is 1. The van der Waals surface area contributed by atoms with Gasteiger partial charge in [0, 0.05) is 25.4 Å². The predicted octanol–water partition coefficient (Wildman–Crippen LogP) is 4.59. The molecule has 0 bridgehead atoms. The third-order valence-corrected chi connectivity index (χ3v) is 4.22. The number of aliphatic imine (C=N–C) groups is 1. The van der Waals surface area contributed by atoms with Crippen molar-refractivity contribution in [3.05, 3.63) is 47.1 Å². The van der Waals surface area contributed by atoms with E-state index < -0.39 is 0 Å². The van der Waals surface area contributed by atoms with Crippen LogP contribution in [0.5, 0.6) is 0 Å². The van der Waals surface area contributed by atoms with E-state index in [4.69, 9.17) is 9.52 Å². The maximum absolute atomic E-state index is 5.29. The fraction of sp³-hybridized carbons (Fsp3) is 0.571. The number of rotatable bonds is 10. The summed E-state index contributed by atoms with van der Waals surface area (Å²) in [5.41, 5.74) is 2.48. The lowest BCUT2D eigenvalue weighted by atomic mass is 10.1. The van der Waals surface area contributed by atoms with Gasteiger partial charge in [0.15, 0.2) is 11.8 Å². The Morgan fingerprint density at radius 2 is 1.79 bits per heavy atom. The van der Waals surface area contributed by atoms with Crippen LogP contribution in [0.25, 0.3) is 0 Å². The second-order valence-corrected chi connectivity index (χ2v) is 7.16. The molecule has 0 atom stereocenters. The van der Waals surface area contributed by atoms with Crippen LogP contribution in [0.15, 0.2) is 33.8 Å². The third-order valence-electron chi connectivity index (χ3n) is 4.22. The minimum Gasteiger partial charge on any atom is -0.356 e. The standard InChI is InChI=1S/C21H33N5O.HI/c1-5-6-13-22-21(24-15-18-11-9-17(4)10-12-18)23-14-7-8-19-25-20(16(2)3)26-27-19;/h9-12,16H,5-8,13-15H2,1-4H3,(H2,22,23,24);1H. The Bertz CT molecular complexity index is 697. The fourth-order valence-corrected chi connectivity index (χ4v) is 2.47. The molecule has 2 rings (SSSR count). The molecule has 0 aliphatic carbocycles. The van der Waals surface area contributed by atoms with Gasteiger partial charge in [0.05, 0.1) is 6.54 Å². The predicted molar refractivity (Wildman–Crippen MR) is 125 cm³/mol. The van der Waals surface area contributed by atoms with Crippen molar-refractivity contribution in [1.29, 1.82) is 0 Å². The first-order valence-electron chi connectivity index (χ1n) is 9.98. The van der Waals surface area contributed by atoms with Crippen molar-refractivity contribution in [2.24, 2.45) is 4.99 Å². The topological polar surface area (TPSA) is 75.3 Å². The molecule has 7 heteroatoms. The van der Waals surface area contributed by atoms with Crippen molar-refractivity contribution < 1.29 is 4.52 Å². The van der Waals surface area contributed by atoms with E-state index in [9.17, 15) is 0 Å². The first kappa shape index (κ1) is 24.4. The van der Waals surface area contributed by atoms with E-state index >= 15 is 0 Å². The minimum absolute atomic E-state index is 0. The number of aromatic nitrogens is 2. The average Bonchev–Trinajstić information content (AvgIpc) is 3.13. The van der Waals surface area contributed by atoms with Crippen molar-refractivity contribution in [3.8, 4) is 0 Å². The molecule has 0 aliphatic heterocycles. The minimum atomic E-state index is 0. The Morgan fingerprint density at radius 1 is 1.11 bits per heavy atom. The number of hydrogen-bond donors (Lipinski definition) is 2. The summed E-state index contributed by atoms with van der Waals surface area (Å²) >= 11 is 0. The molecule has 1 heterocycles. The first-order chi connectivity index (χ1) is 13.1. The lowest BCUT2D eigenvalue weighted by Crippen LogP contribution is -2.38. The molecular formula is C21H34IN5O. The van der Waals surface area contributed by atoms with Gasteiger partial charge in [0.1, 0.15) is 0 Å². The van der Waals surface area contributed by atoms with Crippen LogP contribution in [0, 0.1) is 6.92 Å². The number of aryl methyl sites for hydroxylation is 2. The van der Waals surface area contributed by atoms with E-state index in [1.54, 1.807) is 0 Å². The van der Waals surface area contributed by atoms with E-state index in [-0.39, 0.29) is 24.0 Å². The van der Waals surface area contributed by atoms with Gasteiger partial charge in [-0.05, 0) is 25.3 Å². The number of unbranched alkanes of at least 4 members (excludes halogenated alkanes) is 1. The van der Waals surface area contributed by atoms with Crippen LogP contribution in [0.2, 0.25) is 0 Å². The lowest BCUT2D eigenvalue weighted by Gasteiger charge is -2.12. The monoisotopic (exact) mass is 499 g/mol. The molecule has 6 nitrogen and oxygen atoms in total. The number of nitrogens with zero attached hydrogens (tertiary/aromatic N) is 3. The molecule has 2 N–H and O–H groups in total. The third kappa shape index (κ3) is 9.03. The van der Waals surface area contributed by atoms with Gasteiger partial charge in [-0.25, -0.2) is 4.99 Å². The first-order valence-corrected chi connectivity index (χ1v) is 9.98. The van der Waals surface area contributed by atoms with Gasteiger partial charge in [-0.3, -0.25) is 0 Å². The second kappa shape index (κ2) is 13.5. The highest BCUT2D eigenvalue weighted by Gasteiger charge is 2.09.